The Labute approximate surface area is 170 Å². The minimum Gasteiger partial charge on any atom is -0.377 e. The van der Waals surface area contributed by atoms with Gasteiger partial charge in [0.15, 0.2) is 0 Å². The Morgan fingerprint density at radius 2 is 1.62 bits per heavy atom. The smallest absolute Gasteiger partial charge is 0.241 e. The largest absolute Gasteiger partial charge is 0.377 e. The lowest BCUT2D eigenvalue weighted by molar-refractivity contribution is -0.117. The normalized spacial score (nSPS) is 17.1. The van der Waals surface area contributed by atoms with Crippen molar-refractivity contribution in [3.63, 3.8) is 0 Å². The lowest BCUT2D eigenvalue weighted by Gasteiger charge is -2.19. The fourth-order valence-corrected chi connectivity index (χ4v) is 5.26. The van der Waals surface area contributed by atoms with Gasteiger partial charge in [-0.05, 0) is 24.3 Å². The number of nitrogens with zero attached hydrogens (tertiary/aromatic N) is 2. The van der Waals surface area contributed by atoms with E-state index in [1.54, 1.807) is 17.0 Å². The highest BCUT2D eigenvalue weighted by atomic mass is 32.2. The summed E-state index contributed by atoms with van der Waals surface area (Å²) in [5, 5.41) is 1.53. The molecule has 0 spiro atoms. The first-order valence-electron chi connectivity index (χ1n) is 9.43. The SMILES string of the molecule is CN(C)c1cccc2c(S(=O)(=O)N[C@H]3CC(=O)N(c4ccccc4)C3)cccc12. The van der Waals surface area contributed by atoms with Crippen molar-refractivity contribution in [3.8, 4) is 0 Å². The van der Waals surface area contributed by atoms with E-state index in [9.17, 15) is 13.2 Å². The zero-order valence-electron chi connectivity index (χ0n) is 16.4. The fraction of sp³-hybridized carbons (Fsp3) is 0.227. The lowest BCUT2D eigenvalue weighted by Crippen LogP contribution is -2.37. The summed E-state index contributed by atoms with van der Waals surface area (Å²) in [5.41, 5.74) is 1.73. The van der Waals surface area contributed by atoms with E-state index < -0.39 is 16.1 Å². The Balaban J connectivity index is 1.63. The molecule has 0 saturated carbocycles. The molecular weight excluding hydrogens is 386 g/mol. The first-order chi connectivity index (χ1) is 13.9. The highest BCUT2D eigenvalue weighted by Gasteiger charge is 2.34. The van der Waals surface area contributed by atoms with Crippen molar-refractivity contribution >= 4 is 38.1 Å². The van der Waals surface area contributed by atoms with Crippen LogP contribution in [0, 0.1) is 0 Å². The topological polar surface area (TPSA) is 69.7 Å². The molecule has 1 atom stereocenters. The Morgan fingerprint density at radius 3 is 2.34 bits per heavy atom. The molecule has 6 nitrogen and oxygen atoms in total. The van der Waals surface area contributed by atoms with Gasteiger partial charge in [0.1, 0.15) is 0 Å². The van der Waals surface area contributed by atoms with Gasteiger partial charge in [-0.15, -0.1) is 0 Å². The summed E-state index contributed by atoms with van der Waals surface area (Å²) < 4.78 is 29.1. The van der Waals surface area contributed by atoms with Crippen LogP contribution in [0.2, 0.25) is 0 Å². The summed E-state index contributed by atoms with van der Waals surface area (Å²) in [6.07, 6.45) is 0.141. The van der Waals surface area contributed by atoms with Crippen LogP contribution in [0.1, 0.15) is 6.42 Å². The van der Waals surface area contributed by atoms with Crippen molar-refractivity contribution < 1.29 is 13.2 Å². The molecule has 1 saturated heterocycles. The second-order valence-electron chi connectivity index (χ2n) is 7.39. The highest BCUT2D eigenvalue weighted by molar-refractivity contribution is 7.89. The number of amides is 1. The molecule has 0 bridgehead atoms. The first-order valence-corrected chi connectivity index (χ1v) is 10.9. The summed E-state index contributed by atoms with van der Waals surface area (Å²) >= 11 is 0. The molecule has 4 rings (SSSR count). The molecule has 3 aromatic carbocycles. The predicted molar refractivity (Wildman–Crippen MR) is 116 cm³/mol. The summed E-state index contributed by atoms with van der Waals surface area (Å²) in [5.74, 6) is -0.0864. The molecule has 1 amide bonds. The molecule has 1 aliphatic heterocycles. The van der Waals surface area contributed by atoms with Crippen LogP contribution >= 0.6 is 0 Å². The summed E-state index contributed by atoms with van der Waals surface area (Å²) in [6, 6.07) is 19.7. The van der Waals surface area contributed by atoms with Crippen LogP contribution < -0.4 is 14.5 Å². The van der Waals surface area contributed by atoms with Crippen LogP contribution in [-0.2, 0) is 14.8 Å². The monoisotopic (exact) mass is 409 g/mol. The maximum atomic E-state index is 13.2. The Bertz CT molecular complexity index is 1160. The van der Waals surface area contributed by atoms with Crippen LogP contribution in [0.15, 0.2) is 71.6 Å². The molecule has 1 aliphatic rings. The average Bonchev–Trinajstić information content (AvgIpc) is 3.06. The van der Waals surface area contributed by atoms with Crippen molar-refractivity contribution in [1.82, 2.24) is 4.72 Å². The number of nitrogens with one attached hydrogen (secondary N) is 1. The number of hydrogen-bond acceptors (Lipinski definition) is 4. The van der Waals surface area contributed by atoms with Crippen molar-refractivity contribution in [2.45, 2.75) is 17.4 Å². The Kier molecular flexibility index (Phi) is 5.02. The second-order valence-corrected chi connectivity index (χ2v) is 9.07. The van der Waals surface area contributed by atoms with Gasteiger partial charge in [0.2, 0.25) is 15.9 Å². The third-order valence-electron chi connectivity index (χ3n) is 5.15. The zero-order chi connectivity index (χ0) is 20.6. The molecule has 0 aliphatic carbocycles. The van der Waals surface area contributed by atoms with E-state index in [4.69, 9.17) is 0 Å². The molecule has 0 aromatic heterocycles. The molecule has 1 heterocycles. The minimum absolute atomic E-state index is 0.0864. The minimum atomic E-state index is -3.79. The maximum Gasteiger partial charge on any atom is 0.241 e. The van der Waals surface area contributed by atoms with E-state index in [2.05, 4.69) is 4.72 Å². The Hall–Kier alpha value is -2.90. The molecule has 1 N–H and O–H groups in total. The van der Waals surface area contributed by atoms with E-state index in [1.165, 1.54) is 0 Å². The van der Waals surface area contributed by atoms with Crippen molar-refractivity contribution in [2.24, 2.45) is 0 Å². The third kappa shape index (κ3) is 3.71. The molecule has 3 aromatic rings. The van der Waals surface area contributed by atoms with Gasteiger partial charge in [0.05, 0.1) is 4.90 Å². The van der Waals surface area contributed by atoms with Crippen LogP contribution in [0.3, 0.4) is 0 Å². The van der Waals surface area contributed by atoms with Gasteiger partial charge < -0.3 is 9.80 Å². The number of fused-ring (bicyclic) bond motifs is 1. The number of carbonyl (C=O) groups excluding carboxylic acids is 1. The molecule has 7 heteroatoms. The van der Waals surface area contributed by atoms with Crippen LogP contribution in [0.5, 0.6) is 0 Å². The lowest BCUT2D eigenvalue weighted by atomic mass is 10.1. The zero-order valence-corrected chi connectivity index (χ0v) is 17.2. The Morgan fingerprint density at radius 1 is 0.931 bits per heavy atom. The van der Waals surface area contributed by atoms with Gasteiger partial charge >= 0.3 is 0 Å². The number of para-hydroxylation sites is 1. The number of benzene rings is 3. The molecule has 29 heavy (non-hydrogen) atoms. The third-order valence-corrected chi connectivity index (χ3v) is 6.72. The predicted octanol–water partition coefficient (Wildman–Crippen LogP) is 2.99. The van der Waals surface area contributed by atoms with Crippen LogP contribution in [0.25, 0.3) is 10.8 Å². The van der Waals surface area contributed by atoms with E-state index in [1.807, 2.05) is 73.6 Å². The number of hydrogen-bond donors (Lipinski definition) is 1. The quantitative estimate of drug-likeness (QED) is 0.703. The highest BCUT2D eigenvalue weighted by Crippen LogP contribution is 2.30. The summed E-state index contributed by atoms with van der Waals surface area (Å²) in [7, 11) is 0.0650. The van der Waals surface area contributed by atoms with Gasteiger partial charge in [-0.3, -0.25) is 4.79 Å². The van der Waals surface area contributed by atoms with Gasteiger partial charge in [0.25, 0.3) is 0 Å². The van der Waals surface area contributed by atoms with Gasteiger partial charge in [-0.2, -0.15) is 0 Å². The van der Waals surface area contributed by atoms with Crippen molar-refractivity contribution in [3.05, 3.63) is 66.7 Å². The van der Waals surface area contributed by atoms with E-state index in [-0.39, 0.29) is 17.2 Å². The van der Waals surface area contributed by atoms with Crippen molar-refractivity contribution in [1.29, 1.82) is 0 Å². The molecule has 150 valence electrons. The van der Waals surface area contributed by atoms with E-state index in [0.717, 1.165) is 16.8 Å². The molecule has 0 unspecified atom stereocenters. The molecule has 0 radical (unpaired) electrons. The van der Waals surface area contributed by atoms with Gasteiger partial charge in [-0.25, -0.2) is 13.1 Å². The number of sulfonamides is 1. The van der Waals surface area contributed by atoms with Crippen LogP contribution in [-0.4, -0.2) is 41.0 Å². The van der Waals surface area contributed by atoms with Crippen LogP contribution in [0.4, 0.5) is 11.4 Å². The second kappa shape index (κ2) is 7.50. The number of anilines is 2. The molecular formula is C22H23N3O3S. The van der Waals surface area contributed by atoms with Crippen molar-refractivity contribution in [2.75, 3.05) is 30.4 Å². The first kappa shape index (κ1) is 19.4. The maximum absolute atomic E-state index is 13.2. The van der Waals surface area contributed by atoms with E-state index in [0.29, 0.717) is 11.9 Å². The average molecular weight is 410 g/mol. The van der Waals surface area contributed by atoms with E-state index >= 15 is 0 Å². The molecule has 1 fully saturated rings. The number of rotatable bonds is 5. The van der Waals surface area contributed by atoms with Gasteiger partial charge in [0, 0.05) is 55.2 Å². The summed E-state index contributed by atoms with van der Waals surface area (Å²) in [4.78, 5) is 16.2. The summed E-state index contributed by atoms with van der Waals surface area (Å²) in [6.45, 7) is 0.315. The fourth-order valence-electron chi connectivity index (χ4n) is 3.82. The number of carbonyl (C=O) groups is 1. The standard InChI is InChI=1S/C22H23N3O3S/c1-24(2)20-12-6-11-19-18(20)10-7-13-21(19)29(27,28)23-16-14-22(26)25(15-16)17-8-4-3-5-9-17/h3-13,16,23H,14-15H2,1-2H3/t16-/m0/s1. The van der Waals surface area contributed by atoms with Gasteiger partial charge in [-0.1, -0.05) is 42.5 Å².